The number of hydrogen-bond acceptors (Lipinski definition) is 4. The average Bonchev–Trinajstić information content (AvgIpc) is 3.12. The van der Waals surface area contributed by atoms with Crippen LogP contribution < -0.4 is 10.6 Å². The van der Waals surface area contributed by atoms with Gasteiger partial charge in [-0.2, -0.15) is 13.2 Å². The third kappa shape index (κ3) is 5.71. The van der Waals surface area contributed by atoms with Crippen molar-refractivity contribution in [2.45, 2.75) is 38.8 Å². The van der Waals surface area contributed by atoms with Gasteiger partial charge < -0.3 is 15.6 Å². The lowest BCUT2D eigenvalue weighted by Gasteiger charge is -2.30. The summed E-state index contributed by atoms with van der Waals surface area (Å²) in [6, 6.07) is 4.38. The second-order valence-corrected chi connectivity index (χ2v) is 7.56. The third-order valence-electron chi connectivity index (χ3n) is 5.19. The van der Waals surface area contributed by atoms with Gasteiger partial charge in [-0.25, -0.2) is 4.98 Å². The second-order valence-electron chi connectivity index (χ2n) is 7.56. The predicted molar refractivity (Wildman–Crippen MR) is 107 cm³/mol. The molecule has 10 heteroatoms. The Morgan fingerprint density at radius 1 is 1.27 bits per heavy atom. The fraction of sp³-hybridized carbons (Fsp3) is 0.550. The van der Waals surface area contributed by atoms with Gasteiger partial charge in [0.1, 0.15) is 0 Å². The van der Waals surface area contributed by atoms with Crippen LogP contribution in [0.1, 0.15) is 38.4 Å². The Kier molecular flexibility index (Phi) is 6.96. The molecule has 1 aliphatic rings. The van der Waals surface area contributed by atoms with Crippen molar-refractivity contribution >= 4 is 28.5 Å². The van der Waals surface area contributed by atoms with Gasteiger partial charge in [-0.05, 0) is 50.6 Å². The van der Waals surface area contributed by atoms with Gasteiger partial charge in [-0.1, -0.05) is 13.3 Å². The van der Waals surface area contributed by atoms with Crippen LogP contribution in [0.5, 0.6) is 0 Å². The van der Waals surface area contributed by atoms with Crippen LogP contribution in [-0.4, -0.2) is 52.9 Å². The Labute approximate surface area is 172 Å². The summed E-state index contributed by atoms with van der Waals surface area (Å²) < 4.78 is 38.3. The molecule has 0 bridgehead atoms. The maximum absolute atomic E-state index is 12.8. The van der Waals surface area contributed by atoms with Crippen molar-refractivity contribution in [1.82, 2.24) is 20.2 Å². The van der Waals surface area contributed by atoms with E-state index in [1.807, 2.05) is 4.90 Å². The zero-order valence-corrected chi connectivity index (χ0v) is 16.8. The highest BCUT2D eigenvalue weighted by Gasteiger charge is 2.34. The molecule has 0 atom stereocenters. The second kappa shape index (κ2) is 9.46. The first-order chi connectivity index (χ1) is 14.3. The molecule has 1 aromatic carbocycles. The van der Waals surface area contributed by atoms with Crippen LogP contribution in [0.15, 0.2) is 18.2 Å². The summed E-state index contributed by atoms with van der Waals surface area (Å²) >= 11 is 0. The summed E-state index contributed by atoms with van der Waals surface area (Å²) in [4.78, 5) is 32.2. The molecule has 2 heterocycles. The number of rotatable bonds is 7. The minimum Gasteiger partial charge on any atom is -0.356 e. The monoisotopic (exact) mass is 425 g/mol. The highest BCUT2D eigenvalue weighted by atomic mass is 19.4. The summed E-state index contributed by atoms with van der Waals surface area (Å²) in [5.41, 5.74) is 0.782. The van der Waals surface area contributed by atoms with Crippen molar-refractivity contribution in [1.29, 1.82) is 0 Å². The number of carbonyl (C=O) groups is 2. The minimum atomic E-state index is -4.55. The largest absolute Gasteiger partial charge is 0.449 e. The summed E-state index contributed by atoms with van der Waals surface area (Å²) in [7, 11) is 0. The smallest absolute Gasteiger partial charge is 0.356 e. The fourth-order valence-corrected chi connectivity index (χ4v) is 3.51. The third-order valence-corrected chi connectivity index (χ3v) is 5.19. The van der Waals surface area contributed by atoms with Gasteiger partial charge in [0.2, 0.25) is 17.6 Å². The van der Waals surface area contributed by atoms with Crippen molar-refractivity contribution in [3.8, 4) is 0 Å². The van der Waals surface area contributed by atoms with Crippen molar-refractivity contribution in [3.05, 3.63) is 24.0 Å². The van der Waals surface area contributed by atoms with Crippen LogP contribution in [0.4, 0.5) is 18.9 Å². The average molecular weight is 425 g/mol. The van der Waals surface area contributed by atoms with Gasteiger partial charge in [0, 0.05) is 18.2 Å². The maximum Gasteiger partial charge on any atom is 0.449 e. The molecule has 0 unspecified atom stereocenters. The van der Waals surface area contributed by atoms with Gasteiger partial charge in [-0.15, -0.1) is 0 Å². The lowest BCUT2D eigenvalue weighted by Crippen LogP contribution is -2.43. The molecule has 0 spiro atoms. The van der Waals surface area contributed by atoms with E-state index in [0.29, 0.717) is 38.2 Å². The first kappa shape index (κ1) is 22.1. The van der Waals surface area contributed by atoms with Crippen molar-refractivity contribution in [3.63, 3.8) is 0 Å². The summed E-state index contributed by atoms with van der Waals surface area (Å²) in [5.74, 6) is -1.26. The number of imidazole rings is 1. The molecule has 3 rings (SSSR count). The lowest BCUT2D eigenvalue weighted by molar-refractivity contribution is -0.144. The number of alkyl halides is 3. The molecule has 7 nitrogen and oxygen atoms in total. The zero-order valence-electron chi connectivity index (χ0n) is 16.8. The fourth-order valence-electron chi connectivity index (χ4n) is 3.51. The molecule has 0 radical (unpaired) electrons. The first-order valence-corrected chi connectivity index (χ1v) is 10.1. The number of carbonyl (C=O) groups excluding carboxylic acids is 2. The van der Waals surface area contributed by atoms with Crippen LogP contribution in [0.25, 0.3) is 11.0 Å². The molecule has 0 saturated carbocycles. The van der Waals surface area contributed by atoms with Gasteiger partial charge in [0.15, 0.2) is 0 Å². The number of aromatic nitrogens is 2. The maximum atomic E-state index is 12.8. The molecule has 30 heavy (non-hydrogen) atoms. The lowest BCUT2D eigenvalue weighted by atomic mass is 9.96. The number of aromatic amines is 1. The number of piperidine rings is 1. The van der Waals surface area contributed by atoms with Gasteiger partial charge >= 0.3 is 6.18 Å². The number of nitrogens with zero attached hydrogens (tertiary/aromatic N) is 2. The molecule has 164 valence electrons. The van der Waals surface area contributed by atoms with Gasteiger partial charge in [0.05, 0.1) is 17.6 Å². The number of hydrogen-bond donors (Lipinski definition) is 3. The molecule has 2 amide bonds. The number of anilines is 1. The molecular weight excluding hydrogens is 399 g/mol. The molecule has 0 aliphatic carbocycles. The summed E-state index contributed by atoms with van der Waals surface area (Å²) in [5, 5.41) is 5.66. The number of unbranched alkanes of at least 4 members (excludes halogenated alkanes) is 1. The van der Waals surface area contributed by atoms with E-state index < -0.39 is 12.0 Å². The molecule has 3 N–H and O–H groups in total. The van der Waals surface area contributed by atoms with Crippen LogP contribution >= 0.6 is 0 Å². The van der Waals surface area contributed by atoms with E-state index in [-0.39, 0.29) is 35.3 Å². The van der Waals surface area contributed by atoms with Crippen molar-refractivity contribution in [2.24, 2.45) is 5.92 Å². The number of H-pyrrole nitrogens is 1. The summed E-state index contributed by atoms with van der Waals surface area (Å²) in [6.45, 7) is 4.23. The van der Waals surface area contributed by atoms with Crippen LogP contribution in [0.2, 0.25) is 0 Å². The number of nitrogens with one attached hydrogen (secondary N) is 3. The van der Waals surface area contributed by atoms with Crippen LogP contribution in [0.3, 0.4) is 0 Å². The SMILES string of the molecule is CCCCNC(=O)C1CCN(CC(=O)Nc2ccc3nc(C(F)(F)F)[nH]c3c2)CC1. The van der Waals surface area contributed by atoms with Crippen LogP contribution in [-0.2, 0) is 15.8 Å². The number of amides is 2. The number of halogens is 3. The summed E-state index contributed by atoms with van der Waals surface area (Å²) in [6.07, 6.45) is -1.16. The topological polar surface area (TPSA) is 90.1 Å². The normalized spacial score (nSPS) is 16.0. The number of benzene rings is 1. The Balaban J connectivity index is 1.48. The molecular formula is C20H26F3N5O2. The first-order valence-electron chi connectivity index (χ1n) is 10.1. The Bertz CT molecular complexity index is 888. The molecule has 1 aromatic heterocycles. The standard InChI is InChI=1S/C20H26F3N5O2/c1-2-3-8-24-18(30)13-6-9-28(10-7-13)12-17(29)25-14-4-5-15-16(11-14)27-19(26-15)20(21,22)23/h4-5,11,13H,2-3,6-10,12H2,1H3,(H,24,30)(H,25,29)(H,26,27). The molecule has 1 saturated heterocycles. The van der Waals surface area contributed by atoms with E-state index in [1.165, 1.54) is 18.2 Å². The predicted octanol–water partition coefficient (Wildman–Crippen LogP) is 3.15. The van der Waals surface area contributed by atoms with E-state index in [4.69, 9.17) is 0 Å². The minimum absolute atomic E-state index is 0.0215. The molecule has 2 aromatic rings. The van der Waals surface area contributed by atoms with E-state index in [0.717, 1.165) is 12.8 Å². The zero-order chi connectivity index (χ0) is 21.7. The number of fused-ring (bicyclic) bond motifs is 1. The quantitative estimate of drug-likeness (QED) is 0.595. The Morgan fingerprint density at radius 3 is 2.67 bits per heavy atom. The van der Waals surface area contributed by atoms with E-state index >= 15 is 0 Å². The van der Waals surface area contributed by atoms with E-state index in [2.05, 4.69) is 27.5 Å². The Morgan fingerprint density at radius 2 is 2.00 bits per heavy atom. The highest BCUT2D eigenvalue weighted by molar-refractivity contribution is 5.94. The molecule has 1 aliphatic heterocycles. The van der Waals surface area contributed by atoms with Crippen molar-refractivity contribution in [2.75, 3.05) is 31.5 Å². The number of likely N-dealkylation sites (tertiary alicyclic amines) is 1. The Hall–Kier alpha value is -2.62. The van der Waals surface area contributed by atoms with E-state index in [9.17, 15) is 22.8 Å². The van der Waals surface area contributed by atoms with Crippen LogP contribution in [0, 0.1) is 5.92 Å². The van der Waals surface area contributed by atoms with E-state index in [1.54, 1.807) is 0 Å². The van der Waals surface area contributed by atoms with Crippen molar-refractivity contribution < 1.29 is 22.8 Å². The van der Waals surface area contributed by atoms with Gasteiger partial charge in [-0.3, -0.25) is 14.5 Å². The molecule has 1 fully saturated rings. The highest BCUT2D eigenvalue weighted by Crippen LogP contribution is 2.29. The van der Waals surface area contributed by atoms with Gasteiger partial charge in [0.25, 0.3) is 0 Å².